The number of nitrogens with two attached hydrogens (primary N) is 1. The minimum atomic E-state index is -1.64. The van der Waals surface area contributed by atoms with E-state index in [1.807, 2.05) is 42.5 Å². The zero-order valence-electron chi connectivity index (χ0n) is 23.5. The zero-order chi connectivity index (χ0) is 31.1. The van der Waals surface area contributed by atoms with E-state index in [1.54, 1.807) is 19.9 Å². The lowest BCUT2D eigenvalue weighted by Crippen LogP contribution is -2.41. The van der Waals surface area contributed by atoms with Crippen LogP contribution in [0.15, 0.2) is 66.7 Å². The second-order valence-corrected chi connectivity index (χ2v) is 10.8. The van der Waals surface area contributed by atoms with Crippen LogP contribution in [-0.4, -0.2) is 68.3 Å². The molecule has 3 aromatic carbocycles. The smallest absolute Gasteiger partial charge is 0.337 e. The highest BCUT2D eigenvalue weighted by Crippen LogP contribution is 2.24. The van der Waals surface area contributed by atoms with Gasteiger partial charge in [0.15, 0.2) is 6.10 Å². The van der Waals surface area contributed by atoms with Gasteiger partial charge in [0.05, 0.1) is 0 Å². The van der Waals surface area contributed by atoms with Crippen molar-refractivity contribution in [1.29, 1.82) is 0 Å². The van der Waals surface area contributed by atoms with Crippen LogP contribution in [0.25, 0.3) is 22.2 Å². The van der Waals surface area contributed by atoms with Gasteiger partial charge in [-0.3, -0.25) is 9.59 Å². The molecule has 13 heteroatoms. The molecule has 12 nitrogen and oxygen atoms in total. The molecule has 0 spiro atoms. The number of aliphatic hydroxyl groups excluding tert-OH is 1. The van der Waals surface area contributed by atoms with Crippen LogP contribution in [0, 0.1) is 5.92 Å². The van der Waals surface area contributed by atoms with E-state index >= 15 is 0 Å². The molecule has 0 saturated carbocycles. The van der Waals surface area contributed by atoms with Gasteiger partial charge in [-0.2, -0.15) is 0 Å². The van der Waals surface area contributed by atoms with Crippen molar-refractivity contribution >= 4 is 40.5 Å². The number of aliphatic hydroxyl groups is 1. The number of esters is 2. The van der Waals surface area contributed by atoms with Crippen molar-refractivity contribution in [1.82, 2.24) is 20.5 Å². The summed E-state index contributed by atoms with van der Waals surface area (Å²) in [6, 6.07) is 17.9. The first-order valence-electron chi connectivity index (χ1n) is 13.5. The number of amides is 1. The Kier molecular flexibility index (Phi) is 10.3. The molecule has 0 bridgehead atoms. The summed E-state index contributed by atoms with van der Waals surface area (Å²) >= 11 is 6.12. The van der Waals surface area contributed by atoms with E-state index in [9.17, 15) is 24.7 Å². The number of nitrogens with zero attached hydrogens (tertiary/aromatic N) is 3. The Bertz CT molecular complexity index is 1590. The second-order valence-electron chi connectivity index (χ2n) is 10.3. The summed E-state index contributed by atoms with van der Waals surface area (Å²) in [7, 11) is 0. The molecule has 1 unspecified atom stereocenters. The molecule has 0 aliphatic carbocycles. The normalized spacial score (nSPS) is 13.3. The Morgan fingerprint density at radius 1 is 1.00 bits per heavy atom. The number of carbonyl (C=O) groups excluding carboxylic acids is 3. The molecule has 0 aliphatic rings. The first-order valence-corrected chi connectivity index (χ1v) is 13.9. The number of aromatic nitrogens is 3. The van der Waals surface area contributed by atoms with E-state index in [0.29, 0.717) is 15.4 Å². The third kappa shape index (κ3) is 8.28. The van der Waals surface area contributed by atoms with Crippen molar-refractivity contribution in [2.45, 2.75) is 44.9 Å². The van der Waals surface area contributed by atoms with E-state index in [-0.39, 0.29) is 29.8 Å². The van der Waals surface area contributed by atoms with Crippen molar-refractivity contribution in [3.63, 3.8) is 0 Å². The van der Waals surface area contributed by atoms with Crippen molar-refractivity contribution in [2.75, 3.05) is 6.79 Å². The lowest BCUT2D eigenvalue weighted by atomic mass is 9.97. The molecule has 226 valence electrons. The number of hydrogen-bond donors (Lipinski definition) is 4. The minimum absolute atomic E-state index is 0.173. The number of halogens is 1. The highest BCUT2D eigenvalue weighted by Gasteiger charge is 2.26. The summed E-state index contributed by atoms with van der Waals surface area (Å²) in [5.74, 6) is -2.45. The summed E-state index contributed by atoms with van der Waals surface area (Å²) in [5.41, 5.74) is 9.24. The third-order valence-electron chi connectivity index (χ3n) is 6.79. The molecular formula is C30H32ClN5O7. The summed E-state index contributed by atoms with van der Waals surface area (Å²) in [4.78, 5) is 38.2. The minimum Gasteiger partial charge on any atom is -0.427 e. The van der Waals surface area contributed by atoms with E-state index < -0.39 is 42.8 Å². The van der Waals surface area contributed by atoms with Crippen LogP contribution in [0.4, 0.5) is 0 Å². The molecule has 0 saturated heterocycles. The van der Waals surface area contributed by atoms with Crippen LogP contribution in [-0.2, 0) is 25.5 Å². The molecule has 1 amide bonds. The Morgan fingerprint density at radius 2 is 1.72 bits per heavy atom. The van der Waals surface area contributed by atoms with Crippen LogP contribution in [0.2, 0.25) is 5.02 Å². The van der Waals surface area contributed by atoms with Gasteiger partial charge in [0.25, 0.3) is 5.91 Å². The molecule has 0 radical (unpaired) electrons. The number of fused-ring (bicyclic) bond motifs is 1. The first kappa shape index (κ1) is 31.4. The third-order valence-corrected chi connectivity index (χ3v) is 7.03. The number of hydrogen-bond acceptors (Lipinski definition) is 10. The highest BCUT2D eigenvalue weighted by molar-refractivity contribution is 6.30. The van der Waals surface area contributed by atoms with Crippen molar-refractivity contribution < 1.29 is 34.2 Å². The van der Waals surface area contributed by atoms with E-state index in [4.69, 9.17) is 26.8 Å². The molecule has 4 rings (SSSR count). The lowest BCUT2D eigenvalue weighted by molar-refractivity contribution is -0.174. The van der Waals surface area contributed by atoms with E-state index in [1.165, 1.54) is 18.2 Å². The Balaban J connectivity index is 1.46. The van der Waals surface area contributed by atoms with Crippen LogP contribution in [0.5, 0.6) is 0 Å². The standard InChI is InChI=1S/C30H32ClN5O7/c1-17(2)27(32)30(40)43-16-42-29(39)26(37)15-23(33-28(38)21-10-11-24-25(14-21)36(41)35-34-24)12-18-6-8-19(9-7-18)20-4-3-5-22(31)13-20/h3-11,13-14,17,23,26-27,37,41H,12,15-16,32H2,1-2H3,(H,33,38)/t23-,26-,27?/m1/s1. The average Bonchev–Trinajstić information content (AvgIpc) is 3.36. The molecule has 0 aliphatic heterocycles. The maximum absolute atomic E-state index is 13.2. The number of nitrogens with one attached hydrogen (secondary N) is 1. The number of rotatable bonds is 12. The molecule has 5 N–H and O–H groups in total. The molecule has 1 aromatic heterocycles. The average molecular weight is 610 g/mol. The second kappa shape index (κ2) is 14.1. The largest absolute Gasteiger partial charge is 0.427 e. The van der Waals surface area contributed by atoms with Crippen LogP contribution in [0.3, 0.4) is 0 Å². The van der Waals surface area contributed by atoms with Crippen molar-refractivity contribution in [3.05, 3.63) is 82.9 Å². The number of benzene rings is 3. The summed E-state index contributed by atoms with van der Waals surface area (Å²) in [6.07, 6.45) is -1.59. The van der Waals surface area contributed by atoms with Gasteiger partial charge in [-0.1, -0.05) is 66.7 Å². The Morgan fingerprint density at radius 3 is 2.42 bits per heavy atom. The SMILES string of the molecule is CC(C)C(N)C(=O)OCOC(=O)[C@H](O)C[C@@H](Cc1ccc(-c2cccc(Cl)c2)cc1)NC(=O)c1ccc2nnn(O)c2c1. The molecule has 0 fully saturated rings. The van der Waals surface area contributed by atoms with Gasteiger partial charge in [-0.05, 0) is 64.6 Å². The predicted octanol–water partition coefficient (Wildman–Crippen LogP) is 3.11. The van der Waals surface area contributed by atoms with Crippen LogP contribution < -0.4 is 11.1 Å². The van der Waals surface area contributed by atoms with Gasteiger partial charge in [0.1, 0.15) is 17.1 Å². The number of ether oxygens (including phenoxy) is 2. The molecule has 4 aromatic rings. The first-order chi connectivity index (χ1) is 20.5. The van der Waals surface area contributed by atoms with Gasteiger partial charge in [0, 0.05) is 23.0 Å². The van der Waals surface area contributed by atoms with Crippen molar-refractivity contribution in [3.8, 4) is 11.1 Å². The summed E-state index contributed by atoms with van der Waals surface area (Å²) in [6.45, 7) is 2.78. The van der Waals surface area contributed by atoms with Gasteiger partial charge < -0.3 is 30.8 Å². The maximum atomic E-state index is 13.2. The van der Waals surface area contributed by atoms with Crippen LogP contribution in [0.1, 0.15) is 36.2 Å². The summed E-state index contributed by atoms with van der Waals surface area (Å²) in [5, 5.41) is 31.2. The quantitative estimate of drug-likeness (QED) is 0.106. The predicted molar refractivity (Wildman–Crippen MR) is 157 cm³/mol. The zero-order valence-corrected chi connectivity index (χ0v) is 24.3. The van der Waals surface area contributed by atoms with Gasteiger partial charge in [-0.25, -0.2) is 4.79 Å². The fourth-order valence-electron chi connectivity index (χ4n) is 4.27. The molecule has 3 atom stereocenters. The lowest BCUT2D eigenvalue weighted by Gasteiger charge is -2.22. The fourth-order valence-corrected chi connectivity index (χ4v) is 4.46. The van der Waals surface area contributed by atoms with Crippen molar-refractivity contribution in [2.24, 2.45) is 11.7 Å². The topological polar surface area (TPSA) is 179 Å². The fraction of sp³-hybridized carbons (Fsp3) is 0.300. The monoisotopic (exact) mass is 609 g/mol. The molecule has 1 heterocycles. The maximum Gasteiger partial charge on any atom is 0.337 e. The Hall–Kier alpha value is -4.52. The van der Waals surface area contributed by atoms with Crippen LogP contribution >= 0.6 is 11.6 Å². The summed E-state index contributed by atoms with van der Waals surface area (Å²) < 4.78 is 9.79. The van der Waals surface area contributed by atoms with E-state index in [0.717, 1.165) is 16.7 Å². The highest BCUT2D eigenvalue weighted by atomic mass is 35.5. The molecular weight excluding hydrogens is 578 g/mol. The number of carbonyl (C=O) groups is 3. The van der Waals surface area contributed by atoms with Gasteiger partial charge in [-0.15, -0.1) is 5.10 Å². The Labute approximate surface area is 252 Å². The van der Waals surface area contributed by atoms with Gasteiger partial charge >= 0.3 is 11.9 Å². The van der Waals surface area contributed by atoms with Gasteiger partial charge in [0.2, 0.25) is 6.79 Å². The molecule has 43 heavy (non-hydrogen) atoms. The van der Waals surface area contributed by atoms with E-state index in [2.05, 4.69) is 15.6 Å².